The number of hydrogen-bond donors (Lipinski definition) is 3. The van der Waals surface area contributed by atoms with Crippen molar-refractivity contribution in [3.63, 3.8) is 0 Å². The number of aliphatic hydroxyl groups excluding tert-OH is 1. The number of thiophene rings is 2. The van der Waals surface area contributed by atoms with E-state index < -0.39 is 6.10 Å². The molecule has 1 saturated heterocycles. The molecule has 0 radical (unpaired) electrons. The molecule has 1 fully saturated rings. The maximum atomic E-state index is 11.9. The number of ether oxygens (including phenoxy) is 1. The van der Waals surface area contributed by atoms with Crippen LogP contribution in [0.2, 0.25) is 0 Å². The van der Waals surface area contributed by atoms with E-state index in [-0.39, 0.29) is 12.1 Å². The number of aliphatic hydroxyl groups is 1. The lowest BCUT2D eigenvalue weighted by Gasteiger charge is -2.23. The number of carbonyl (C=O) groups is 1. The summed E-state index contributed by atoms with van der Waals surface area (Å²) in [6.07, 6.45) is 1.15. The summed E-state index contributed by atoms with van der Waals surface area (Å²) in [6, 6.07) is 7.77. The summed E-state index contributed by atoms with van der Waals surface area (Å²) in [4.78, 5) is 14.8. The SMILES string of the molecule is O=C(NCc1ccc([C@@H](O)c2cccs2)s1)NC1CCOCC1. The van der Waals surface area contributed by atoms with Crippen molar-refractivity contribution in [3.05, 3.63) is 44.3 Å². The molecule has 7 heteroatoms. The molecule has 2 aromatic rings. The highest BCUT2D eigenvalue weighted by Gasteiger charge is 2.17. The van der Waals surface area contributed by atoms with Crippen molar-refractivity contribution in [1.29, 1.82) is 0 Å². The number of nitrogens with one attached hydrogen (secondary N) is 2. The highest BCUT2D eigenvalue weighted by atomic mass is 32.1. The Hall–Kier alpha value is -1.41. The molecule has 3 heterocycles. The lowest BCUT2D eigenvalue weighted by molar-refractivity contribution is 0.0801. The van der Waals surface area contributed by atoms with Crippen molar-refractivity contribution in [2.45, 2.75) is 31.5 Å². The van der Waals surface area contributed by atoms with Crippen LogP contribution in [0.15, 0.2) is 29.6 Å². The topological polar surface area (TPSA) is 70.6 Å². The van der Waals surface area contributed by atoms with E-state index in [0.29, 0.717) is 19.8 Å². The molecule has 0 aromatic carbocycles. The fourth-order valence-electron chi connectivity index (χ4n) is 2.47. The lowest BCUT2D eigenvalue weighted by Crippen LogP contribution is -2.44. The van der Waals surface area contributed by atoms with Crippen LogP contribution in [0.25, 0.3) is 0 Å². The average molecular weight is 352 g/mol. The van der Waals surface area contributed by atoms with Gasteiger partial charge in [-0.05, 0) is 36.4 Å². The van der Waals surface area contributed by atoms with Crippen LogP contribution in [0.5, 0.6) is 0 Å². The fraction of sp³-hybridized carbons (Fsp3) is 0.438. The highest BCUT2D eigenvalue weighted by molar-refractivity contribution is 7.12. The second-order valence-electron chi connectivity index (χ2n) is 5.44. The van der Waals surface area contributed by atoms with E-state index in [2.05, 4.69) is 10.6 Å². The molecule has 0 unspecified atom stereocenters. The van der Waals surface area contributed by atoms with Gasteiger partial charge in [0.2, 0.25) is 0 Å². The molecule has 5 nitrogen and oxygen atoms in total. The molecule has 1 atom stereocenters. The summed E-state index contributed by atoms with van der Waals surface area (Å²) in [5, 5.41) is 18.1. The summed E-state index contributed by atoms with van der Waals surface area (Å²) in [5.41, 5.74) is 0. The Morgan fingerprint density at radius 3 is 2.87 bits per heavy atom. The molecule has 0 saturated carbocycles. The third-order valence-electron chi connectivity index (χ3n) is 3.74. The quantitative estimate of drug-likeness (QED) is 0.775. The van der Waals surface area contributed by atoms with E-state index in [4.69, 9.17) is 4.74 Å². The van der Waals surface area contributed by atoms with E-state index in [9.17, 15) is 9.90 Å². The van der Waals surface area contributed by atoms with Gasteiger partial charge in [-0.25, -0.2) is 4.79 Å². The summed E-state index contributed by atoms with van der Waals surface area (Å²) in [5.74, 6) is 0. The minimum Gasteiger partial charge on any atom is -0.382 e. The first-order valence-electron chi connectivity index (χ1n) is 7.64. The zero-order chi connectivity index (χ0) is 16.1. The molecule has 0 spiro atoms. The minimum absolute atomic E-state index is 0.148. The van der Waals surface area contributed by atoms with Crippen LogP contribution in [0, 0.1) is 0 Å². The molecule has 124 valence electrons. The zero-order valence-electron chi connectivity index (χ0n) is 12.7. The molecular formula is C16H20N2O3S2. The van der Waals surface area contributed by atoms with Crippen LogP contribution in [0.1, 0.15) is 33.6 Å². The smallest absolute Gasteiger partial charge is 0.315 e. The first-order chi connectivity index (χ1) is 11.2. The van der Waals surface area contributed by atoms with Gasteiger partial charge < -0.3 is 20.5 Å². The molecule has 2 aromatic heterocycles. The molecule has 3 N–H and O–H groups in total. The molecular weight excluding hydrogens is 332 g/mol. The lowest BCUT2D eigenvalue weighted by atomic mass is 10.1. The van der Waals surface area contributed by atoms with Crippen molar-refractivity contribution in [2.75, 3.05) is 13.2 Å². The summed E-state index contributed by atoms with van der Waals surface area (Å²) in [7, 11) is 0. The molecule has 2 amide bonds. The molecule has 0 aliphatic carbocycles. The van der Waals surface area contributed by atoms with Crippen molar-refractivity contribution in [3.8, 4) is 0 Å². The van der Waals surface area contributed by atoms with Gasteiger partial charge in [-0.2, -0.15) is 0 Å². The Balaban J connectivity index is 1.48. The van der Waals surface area contributed by atoms with Gasteiger partial charge in [-0.1, -0.05) is 6.07 Å². The van der Waals surface area contributed by atoms with Crippen LogP contribution in [-0.2, 0) is 11.3 Å². The molecule has 0 bridgehead atoms. The maximum absolute atomic E-state index is 11.9. The highest BCUT2D eigenvalue weighted by Crippen LogP contribution is 2.30. The Kier molecular flexibility index (Phi) is 5.66. The van der Waals surface area contributed by atoms with Crippen LogP contribution >= 0.6 is 22.7 Å². The average Bonchev–Trinajstić information content (AvgIpc) is 3.25. The first kappa shape index (κ1) is 16.4. The predicted octanol–water partition coefficient (Wildman–Crippen LogP) is 2.87. The Bertz CT molecular complexity index is 621. The largest absolute Gasteiger partial charge is 0.382 e. The Labute approximate surface area is 143 Å². The summed E-state index contributed by atoms with van der Waals surface area (Å²) >= 11 is 3.06. The number of urea groups is 1. The number of rotatable bonds is 5. The fourth-order valence-corrected chi connectivity index (χ4v) is 4.23. The van der Waals surface area contributed by atoms with E-state index >= 15 is 0 Å². The number of amides is 2. The van der Waals surface area contributed by atoms with Crippen molar-refractivity contribution in [2.24, 2.45) is 0 Å². The van der Waals surface area contributed by atoms with Gasteiger partial charge in [0.15, 0.2) is 0 Å². The van der Waals surface area contributed by atoms with Gasteiger partial charge >= 0.3 is 6.03 Å². The molecule has 1 aliphatic heterocycles. The van der Waals surface area contributed by atoms with Gasteiger partial charge in [-0.15, -0.1) is 22.7 Å². The second kappa shape index (κ2) is 7.92. The number of carbonyl (C=O) groups excluding carboxylic acids is 1. The Morgan fingerprint density at radius 2 is 2.13 bits per heavy atom. The van der Waals surface area contributed by atoms with Gasteiger partial charge in [-0.3, -0.25) is 0 Å². The third-order valence-corrected chi connectivity index (χ3v) is 5.81. The van der Waals surface area contributed by atoms with Crippen LogP contribution in [0.4, 0.5) is 4.79 Å². The van der Waals surface area contributed by atoms with Crippen molar-refractivity contribution < 1.29 is 14.6 Å². The normalized spacial score (nSPS) is 16.9. The second-order valence-corrected chi connectivity index (χ2v) is 7.61. The summed E-state index contributed by atoms with van der Waals surface area (Å²) in [6.45, 7) is 1.89. The molecule has 23 heavy (non-hydrogen) atoms. The molecule has 3 rings (SSSR count). The zero-order valence-corrected chi connectivity index (χ0v) is 14.3. The maximum Gasteiger partial charge on any atom is 0.315 e. The minimum atomic E-state index is -0.579. The van der Waals surface area contributed by atoms with Crippen molar-refractivity contribution in [1.82, 2.24) is 10.6 Å². The monoisotopic (exact) mass is 352 g/mol. The predicted molar refractivity (Wildman–Crippen MR) is 91.9 cm³/mol. The van der Waals surface area contributed by atoms with Crippen LogP contribution in [-0.4, -0.2) is 30.4 Å². The van der Waals surface area contributed by atoms with Gasteiger partial charge in [0.05, 0.1) is 6.54 Å². The first-order valence-corrected chi connectivity index (χ1v) is 9.34. The van der Waals surface area contributed by atoms with E-state index in [1.807, 2.05) is 29.6 Å². The van der Waals surface area contributed by atoms with Crippen LogP contribution in [0.3, 0.4) is 0 Å². The third kappa shape index (κ3) is 4.54. The Morgan fingerprint density at radius 1 is 1.30 bits per heavy atom. The number of hydrogen-bond acceptors (Lipinski definition) is 5. The summed E-state index contributed by atoms with van der Waals surface area (Å²) < 4.78 is 5.27. The van der Waals surface area contributed by atoms with Gasteiger partial charge in [0, 0.05) is 33.9 Å². The van der Waals surface area contributed by atoms with Crippen molar-refractivity contribution >= 4 is 28.7 Å². The molecule has 1 aliphatic rings. The van der Waals surface area contributed by atoms with Gasteiger partial charge in [0.25, 0.3) is 0 Å². The van der Waals surface area contributed by atoms with Gasteiger partial charge in [0.1, 0.15) is 6.10 Å². The van der Waals surface area contributed by atoms with Crippen LogP contribution < -0.4 is 10.6 Å². The van der Waals surface area contributed by atoms with E-state index in [1.165, 1.54) is 22.7 Å². The van der Waals surface area contributed by atoms with E-state index in [0.717, 1.165) is 27.5 Å². The standard InChI is InChI=1S/C16H20N2O3S2/c19-15(13-2-1-9-22-13)14-4-3-12(23-14)10-17-16(20)18-11-5-7-21-8-6-11/h1-4,9,11,15,19H,5-8,10H2,(H2,17,18,20)/t15-/m0/s1. The van der Waals surface area contributed by atoms with E-state index in [1.54, 1.807) is 0 Å².